The Kier molecular flexibility index (Phi) is 4.27. The lowest BCUT2D eigenvalue weighted by Crippen LogP contribution is -2.40. The third-order valence-corrected chi connectivity index (χ3v) is 5.63. The van der Waals surface area contributed by atoms with Gasteiger partial charge >= 0.3 is 0 Å². The minimum absolute atomic E-state index is 0.114. The van der Waals surface area contributed by atoms with Crippen LogP contribution < -0.4 is 5.32 Å². The van der Waals surface area contributed by atoms with Gasteiger partial charge in [0, 0.05) is 31.7 Å². The van der Waals surface area contributed by atoms with E-state index in [1.165, 1.54) is 37.7 Å². The van der Waals surface area contributed by atoms with Crippen LogP contribution >= 0.6 is 12.2 Å². The molecule has 1 aliphatic heterocycles. The first-order chi connectivity index (χ1) is 11.7. The number of hydrogen-bond acceptors (Lipinski definition) is 2. The van der Waals surface area contributed by atoms with Gasteiger partial charge in [0.05, 0.1) is 17.8 Å². The van der Waals surface area contributed by atoms with Gasteiger partial charge in [-0.05, 0) is 48.8 Å². The highest BCUT2D eigenvalue weighted by Crippen LogP contribution is 2.42. The Morgan fingerprint density at radius 2 is 2.00 bits per heavy atom. The Morgan fingerprint density at radius 3 is 2.67 bits per heavy atom. The molecule has 24 heavy (non-hydrogen) atoms. The third kappa shape index (κ3) is 2.81. The molecule has 2 aromatic rings. The zero-order valence-corrected chi connectivity index (χ0v) is 14.9. The summed E-state index contributed by atoms with van der Waals surface area (Å²) in [6.45, 7) is 0. The third-order valence-electron chi connectivity index (χ3n) is 5.30. The number of aromatic nitrogens is 2. The van der Waals surface area contributed by atoms with Crippen molar-refractivity contribution in [3.63, 3.8) is 0 Å². The molecule has 1 N–H and O–H groups in total. The van der Waals surface area contributed by atoms with Crippen LogP contribution in [0.25, 0.3) is 0 Å². The summed E-state index contributed by atoms with van der Waals surface area (Å²) in [5.74, 6) is 0. The van der Waals surface area contributed by atoms with Crippen molar-refractivity contribution in [2.24, 2.45) is 7.05 Å². The second-order valence-electron chi connectivity index (χ2n) is 6.94. The number of nitrogens with zero attached hydrogens (tertiary/aromatic N) is 3. The fraction of sp³-hybridized carbons (Fsp3) is 0.474. The molecule has 2 atom stereocenters. The van der Waals surface area contributed by atoms with Gasteiger partial charge in [0.1, 0.15) is 0 Å². The zero-order valence-electron chi connectivity index (χ0n) is 14.1. The lowest BCUT2D eigenvalue weighted by Gasteiger charge is -2.36. The number of aryl methyl sites for hydroxylation is 1. The molecule has 2 fully saturated rings. The highest BCUT2D eigenvalue weighted by molar-refractivity contribution is 7.80. The molecule has 0 bridgehead atoms. The van der Waals surface area contributed by atoms with E-state index in [0.717, 1.165) is 10.8 Å². The Morgan fingerprint density at radius 1 is 1.17 bits per heavy atom. The van der Waals surface area contributed by atoms with E-state index in [1.807, 2.05) is 12.3 Å². The summed E-state index contributed by atoms with van der Waals surface area (Å²) in [7, 11) is 2.07. The van der Waals surface area contributed by atoms with Crippen molar-refractivity contribution in [3.8, 4) is 0 Å². The Bertz CT molecular complexity index is 705. The van der Waals surface area contributed by atoms with Crippen LogP contribution in [0.5, 0.6) is 0 Å². The summed E-state index contributed by atoms with van der Waals surface area (Å²) >= 11 is 5.76. The van der Waals surface area contributed by atoms with Crippen LogP contribution in [0.1, 0.15) is 55.4 Å². The number of nitrogens with one attached hydrogen (secondary N) is 1. The molecule has 0 radical (unpaired) electrons. The lowest BCUT2D eigenvalue weighted by molar-refractivity contribution is 0.197. The fourth-order valence-corrected chi connectivity index (χ4v) is 4.56. The molecule has 5 heteroatoms. The van der Waals surface area contributed by atoms with Crippen molar-refractivity contribution < 1.29 is 0 Å². The molecule has 2 aliphatic rings. The molecule has 1 saturated carbocycles. The van der Waals surface area contributed by atoms with E-state index in [1.54, 1.807) is 0 Å². The van der Waals surface area contributed by atoms with Crippen molar-refractivity contribution in [2.45, 2.75) is 50.2 Å². The van der Waals surface area contributed by atoms with Crippen molar-refractivity contribution in [2.75, 3.05) is 0 Å². The fourth-order valence-electron chi connectivity index (χ4n) is 4.17. The van der Waals surface area contributed by atoms with Crippen LogP contribution in [0.4, 0.5) is 0 Å². The van der Waals surface area contributed by atoms with E-state index in [0.29, 0.717) is 6.04 Å². The SMILES string of the molecule is Cn1ccc([C@H]2[C@H](c3ccccn3)NC(=S)N2C2CCCCC2)c1. The van der Waals surface area contributed by atoms with Crippen molar-refractivity contribution in [3.05, 3.63) is 54.1 Å². The van der Waals surface area contributed by atoms with Gasteiger partial charge < -0.3 is 14.8 Å². The molecule has 1 saturated heterocycles. The minimum Gasteiger partial charge on any atom is -0.357 e. The van der Waals surface area contributed by atoms with E-state index < -0.39 is 0 Å². The second kappa shape index (κ2) is 6.55. The van der Waals surface area contributed by atoms with E-state index in [9.17, 15) is 0 Å². The van der Waals surface area contributed by atoms with Gasteiger partial charge in [0.15, 0.2) is 5.11 Å². The lowest BCUT2D eigenvalue weighted by atomic mass is 9.91. The van der Waals surface area contributed by atoms with Crippen molar-refractivity contribution in [1.29, 1.82) is 0 Å². The molecular weight excluding hydrogens is 316 g/mol. The van der Waals surface area contributed by atoms with Gasteiger partial charge in [-0.3, -0.25) is 4.98 Å². The molecule has 1 aliphatic carbocycles. The Labute approximate surface area is 148 Å². The topological polar surface area (TPSA) is 33.1 Å². The van der Waals surface area contributed by atoms with Gasteiger partial charge in [-0.15, -0.1) is 0 Å². The maximum absolute atomic E-state index is 5.76. The minimum atomic E-state index is 0.114. The first-order valence-corrected chi connectivity index (χ1v) is 9.26. The zero-order chi connectivity index (χ0) is 16.5. The summed E-state index contributed by atoms with van der Waals surface area (Å²) in [4.78, 5) is 7.06. The molecule has 0 spiro atoms. The number of hydrogen-bond donors (Lipinski definition) is 1. The first kappa shape index (κ1) is 15.6. The molecule has 0 aromatic carbocycles. The van der Waals surface area contributed by atoms with E-state index >= 15 is 0 Å². The second-order valence-corrected chi connectivity index (χ2v) is 7.32. The Hall–Kier alpha value is -1.88. The maximum atomic E-state index is 5.76. The molecule has 0 unspecified atom stereocenters. The number of thiocarbonyl (C=S) groups is 1. The molecule has 126 valence electrons. The summed E-state index contributed by atoms with van der Waals surface area (Å²) in [5, 5.41) is 4.44. The standard InChI is InChI=1S/C19H24N4S/c1-22-12-10-14(13-22)18-17(16-9-5-6-11-20-16)21-19(24)23(18)15-7-3-2-4-8-15/h5-6,9-13,15,17-18H,2-4,7-8H2,1H3,(H,21,24)/t17-,18-/m0/s1. The Balaban J connectivity index is 1.73. The highest BCUT2D eigenvalue weighted by Gasteiger charge is 2.43. The van der Waals surface area contributed by atoms with Crippen LogP contribution in [-0.4, -0.2) is 25.6 Å². The molecule has 3 heterocycles. The van der Waals surface area contributed by atoms with Gasteiger partial charge in [-0.2, -0.15) is 0 Å². The summed E-state index contributed by atoms with van der Waals surface area (Å²) < 4.78 is 2.12. The average molecular weight is 340 g/mol. The quantitative estimate of drug-likeness (QED) is 0.863. The van der Waals surface area contributed by atoms with Crippen molar-refractivity contribution >= 4 is 17.3 Å². The van der Waals surface area contributed by atoms with Crippen molar-refractivity contribution in [1.82, 2.24) is 19.8 Å². The van der Waals surface area contributed by atoms with Crippen LogP contribution in [0.2, 0.25) is 0 Å². The van der Waals surface area contributed by atoms with Crippen LogP contribution in [0.15, 0.2) is 42.9 Å². The summed E-state index contributed by atoms with van der Waals surface area (Å²) in [6, 6.07) is 9.20. The average Bonchev–Trinajstić information content (AvgIpc) is 3.19. The first-order valence-electron chi connectivity index (χ1n) is 8.85. The normalized spacial score (nSPS) is 25.0. The molecule has 0 amide bonds. The van der Waals surface area contributed by atoms with E-state index in [4.69, 9.17) is 12.2 Å². The highest BCUT2D eigenvalue weighted by atomic mass is 32.1. The van der Waals surface area contributed by atoms with Gasteiger partial charge in [0.2, 0.25) is 0 Å². The largest absolute Gasteiger partial charge is 0.357 e. The van der Waals surface area contributed by atoms with Gasteiger partial charge in [-0.25, -0.2) is 0 Å². The number of rotatable bonds is 3. The van der Waals surface area contributed by atoms with Crippen LogP contribution in [0.3, 0.4) is 0 Å². The van der Waals surface area contributed by atoms with Gasteiger partial charge in [-0.1, -0.05) is 25.3 Å². The predicted octanol–water partition coefficient (Wildman–Crippen LogP) is 3.73. The summed E-state index contributed by atoms with van der Waals surface area (Å²) in [6.07, 6.45) is 12.6. The smallest absolute Gasteiger partial charge is 0.170 e. The van der Waals surface area contributed by atoms with Gasteiger partial charge in [0.25, 0.3) is 0 Å². The monoisotopic (exact) mass is 340 g/mol. The number of pyridine rings is 1. The van der Waals surface area contributed by atoms with E-state index in [2.05, 4.69) is 57.4 Å². The predicted molar refractivity (Wildman–Crippen MR) is 99.6 cm³/mol. The maximum Gasteiger partial charge on any atom is 0.170 e. The molecule has 4 nitrogen and oxygen atoms in total. The van der Waals surface area contributed by atoms with Crippen LogP contribution in [0, 0.1) is 0 Å². The van der Waals surface area contributed by atoms with Crippen LogP contribution in [-0.2, 0) is 7.05 Å². The summed E-state index contributed by atoms with van der Waals surface area (Å²) in [5.41, 5.74) is 2.37. The molecule has 2 aromatic heterocycles. The molecule has 4 rings (SSSR count). The van der Waals surface area contributed by atoms with E-state index in [-0.39, 0.29) is 12.1 Å². The molecular formula is C19H24N4S.